The van der Waals surface area contributed by atoms with Gasteiger partial charge >= 0.3 is 0 Å². The number of nitrogens with two attached hydrogens (primary N) is 1. The van der Waals surface area contributed by atoms with E-state index in [0.29, 0.717) is 6.04 Å². The molecule has 1 rings (SSSR count). The highest BCUT2D eigenvalue weighted by Crippen LogP contribution is 2.02. The molecule has 0 amide bonds. The van der Waals surface area contributed by atoms with E-state index in [-0.39, 0.29) is 12.4 Å². The van der Waals surface area contributed by atoms with E-state index in [9.17, 15) is 0 Å². The van der Waals surface area contributed by atoms with E-state index >= 15 is 0 Å². The van der Waals surface area contributed by atoms with Crippen LogP contribution in [-0.4, -0.2) is 6.04 Å². The lowest BCUT2D eigenvalue weighted by Gasteiger charge is -2.03. The first kappa shape index (κ1) is 11.5. The molecule has 0 fully saturated rings. The predicted octanol–water partition coefficient (Wildman–Crippen LogP) is 2.39. The first-order valence-corrected chi connectivity index (χ1v) is 4.08. The second-order valence-electron chi connectivity index (χ2n) is 3.00. The van der Waals surface area contributed by atoms with Crippen molar-refractivity contribution in [1.82, 2.24) is 0 Å². The fourth-order valence-corrected chi connectivity index (χ4v) is 1.04. The van der Waals surface area contributed by atoms with Crippen LogP contribution >= 0.6 is 12.4 Å². The van der Waals surface area contributed by atoms with Crippen LogP contribution < -0.4 is 5.73 Å². The summed E-state index contributed by atoms with van der Waals surface area (Å²) in [6.45, 7) is 2.04. The van der Waals surface area contributed by atoms with Gasteiger partial charge in [-0.25, -0.2) is 0 Å². The van der Waals surface area contributed by atoms with E-state index in [0.717, 1.165) is 12.8 Å². The maximum absolute atomic E-state index is 5.64. The molecule has 1 atom stereocenters. The summed E-state index contributed by atoms with van der Waals surface area (Å²) >= 11 is 0. The smallest absolute Gasteiger partial charge is 0.00136 e. The Labute approximate surface area is 80.4 Å². The van der Waals surface area contributed by atoms with Gasteiger partial charge in [-0.15, -0.1) is 12.4 Å². The maximum atomic E-state index is 5.64. The zero-order valence-electron chi connectivity index (χ0n) is 7.36. The second-order valence-corrected chi connectivity index (χ2v) is 3.00. The Morgan fingerprint density at radius 2 is 1.83 bits per heavy atom. The molecule has 0 aliphatic heterocycles. The molecule has 1 aromatic carbocycles. The maximum Gasteiger partial charge on any atom is 0.00136 e. The minimum atomic E-state index is 0. The standard InChI is InChI=1S/C10H15N.ClH/c1-9(11)7-8-10-5-3-2-4-6-10;/h2-6,9H,7-8,11H2,1H3;1H. The number of hydrogen-bond donors (Lipinski definition) is 1. The first-order chi connectivity index (χ1) is 5.29. The van der Waals surface area contributed by atoms with Gasteiger partial charge < -0.3 is 5.73 Å². The molecule has 0 spiro atoms. The quantitative estimate of drug-likeness (QED) is 0.769. The van der Waals surface area contributed by atoms with Gasteiger partial charge in [0.25, 0.3) is 0 Å². The number of aryl methyl sites for hydroxylation is 1. The molecule has 0 saturated heterocycles. The zero-order valence-corrected chi connectivity index (χ0v) is 8.18. The van der Waals surface area contributed by atoms with Crippen LogP contribution in [0.25, 0.3) is 0 Å². The molecule has 1 unspecified atom stereocenters. The molecule has 12 heavy (non-hydrogen) atoms. The Kier molecular flexibility index (Phi) is 5.77. The highest BCUT2D eigenvalue weighted by atomic mass is 35.5. The fraction of sp³-hybridized carbons (Fsp3) is 0.400. The summed E-state index contributed by atoms with van der Waals surface area (Å²) in [4.78, 5) is 0. The lowest BCUT2D eigenvalue weighted by Crippen LogP contribution is -2.15. The molecule has 2 heteroatoms. The normalized spacial score (nSPS) is 11.8. The van der Waals surface area contributed by atoms with Crippen molar-refractivity contribution < 1.29 is 0 Å². The first-order valence-electron chi connectivity index (χ1n) is 4.08. The van der Waals surface area contributed by atoms with E-state index in [1.165, 1.54) is 5.56 Å². The molecule has 2 N–H and O–H groups in total. The van der Waals surface area contributed by atoms with Gasteiger partial charge in [0.1, 0.15) is 0 Å². The van der Waals surface area contributed by atoms with E-state index in [1.807, 2.05) is 13.0 Å². The van der Waals surface area contributed by atoms with E-state index in [1.54, 1.807) is 0 Å². The lowest BCUT2D eigenvalue weighted by atomic mass is 10.1. The Hall–Kier alpha value is -0.530. The van der Waals surface area contributed by atoms with E-state index in [2.05, 4.69) is 24.3 Å². The van der Waals surface area contributed by atoms with Crippen LogP contribution in [-0.2, 0) is 6.42 Å². The van der Waals surface area contributed by atoms with Crippen LogP contribution in [0.2, 0.25) is 0 Å². The van der Waals surface area contributed by atoms with Crippen LogP contribution in [0.4, 0.5) is 0 Å². The largest absolute Gasteiger partial charge is 0.328 e. The average molecular weight is 186 g/mol. The lowest BCUT2D eigenvalue weighted by molar-refractivity contribution is 0.666. The number of rotatable bonds is 3. The van der Waals surface area contributed by atoms with E-state index < -0.39 is 0 Å². The molecule has 1 aromatic rings. The zero-order chi connectivity index (χ0) is 8.10. The van der Waals surface area contributed by atoms with Gasteiger partial charge in [-0.1, -0.05) is 30.3 Å². The van der Waals surface area contributed by atoms with Crippen molar-refractivity contribution in [2.75, 3.05) is 0 Å². The Morgan fingerprint density at radius 3 is 2.33 bits per heavy atom. The van der Waals surface area contributed by atoms with Gasteiger partial charge in [-0.05, 0) is 25.3 Å². The predicted molar refractivity (Wildman–Crippen MR) is 55.7 cm³/mol. The summed E-state index contributed by atoms with van der Waals surface area (Å²) in [7, 11) is 0. The topological polar surface area (TPSA) is 26.0 Å². The minimum Gasteiger partial charge on any atom is -0.328 e. The van der Waals surface area contributed by atoms with Crippen LogP contribution in [0.3, 0.4) is 0 Å². The van der Waals surface area contributed by atoms with Gasteiger partial charge in [0.2, 0.25) is 0 Å². The number of halogens is 1. The second kappa shape index (κ2) is 6.04. The van der Waals surface area contributed by atoms with Crippen molar-refractivity contribution in [2.45, 2.75) is 25.8 Å². The monoisotopic (exact) mass is 185 g/mol. The molecule has 0 radical (unpaired) electrons. The van der Waals surface area contributed by atoms with Crippen LogP contribution in [0.5, 0.6) is 0 Å². The van der Waals surface area contributed by atoms with Crippen LogP contribution in [0.1, 0.15) is 18.9 Å². The Balaban J connectivity index is 0.00000121. The summed E-state index contributed by atoms with van der Waals surface area (Å²) in [6.07, 6.45) is 2.17. The van der Waals surface area contributed by atoms with Crippen molar-refractivity contribution in [1.29, 1.82) is 0 Å². The molecule has 0 bridgehead atoms. The Morgan fingerprint density at radius 1 is 1.25 bits per heavy atom. The SMILES string of the molecule is CC(N)CCc1ccccc1.Cl. The molecule has 0 heterocycles. The highest BCUT2D eigenvalue weighted by molar-refractivity contribution is 5.85. The molecular weight excluding hydrogens is 170 g/mol. The summed E-state index contributed by atoms with van der Waals surface area (Å²) in [5.41, 5.74) is 7.02. The minimum absolute atomic E-state index is 0. The molecule has 1 nitrogen and oxygen atoms in total. The summed E-state index contributed by atoms with van der Waals surface area (Å²) in [5, 5.41) is 0. The fourth-order valence-electron chi connectivity index (χ4n) is 1.04. The number of benzene rings is 1. The van der Waals surface area contributed by atoms with Crippen molar-refractivity contribution in [3.05, 3.63) is 35.9 Å². The molecule has 0 aromatic heterocycles. The van der Waals surface area contributed by atoms with Gasteiger partial charge in [0.05, 0.1) is 0 Å². The van der Waals surface area contributed by atoms with Crippen molar-refractivity contribution in [2.24, 2.45) is 5.73 Å². The van der Waals surface area contributed by atoms with Crippen LogP contribution in [0.15, 0.2) is 30.3 Å². The van der Waals surface area contributed by atoms with Crippen molar-refractivity contribution in [3.8, 4) is 0 Å². The van der Waals surface area contributed by atoms with Gasteiger partial charge in [0, 0.05) is 6.04 Å². The highest BCUT2D eigenvalue weighted by Gasteiger charge is 1.94. The average Bonchev–Trinajstić information content (AvgIpc) is 2.03. The summed E-state index contributed by atoms with van der Waals surface area (Å²) in [5.74, 6) is 0. The number of hydrogen-bond acceptors (Lipinski definition) is 1. The molecule has 0 aliphatic carbocycles. The third-order valence-corrected chi connectivity index (χ3v) is 1.73. The summed E-state index contributed by atoms with van der Waals surface area (Å²) < 4.78 is 0. The Bertz CT molecular complexity index is 196. The molecular formula is C10H16ClN. The molecule has 68 valence electrons. The molecule has 0 aliphatic rings. The van der Waals surface area contributed by atoms with Crippen molar-refractivity contribution >= 4 is 12.4 Å². The third kappa shape index (κ3) is 4.37. The van der Waals surface area contributed by atoms with Gasteiger partial charge in [-0.3, -0.25) is 0 Å². The van der Waals surface area contributed by atoms with Crippen LogP contribution in [0, 0.1) is 0 Å². The van der Waals surface area contributed by atoms with Crippen molar-refractivity contribution in [3.63, 3.8) is 0 Å². The van der Waals surface area contributed by atoms with Gasteiger partial charge in [-0.2, -0.15) is 0 Å². The molecule has 0 saturated carbocycles. The van der Waals surface area contributed by atoms with E-state index in [4.69, 9.17) is 5.73 Å². The van der Waals surface area contributed by atoms with Gasteiger partial charge in [0.15, 0.2) is 0 Å². The summed E-state index contributed by atoms with van der Waals surface area (Å²) in [6, 6.07) is 10.8. The third-order valence-electron chi connectivity index (χ3n) is 1.73.